The Hall–Kier alpha value is -2.07. The quantitative estimate of drug-likeness (QED) is 0.479. The molecule has 0 saturated carbocycles. The average molecular weight is 416 g/mol. The van der Waals surface area contributed by atoms with Gasteiger partial charge in [0.15, 0.2) is 5.78 Å². The molecule has 0 aromatic heterocycles. The van der Waals surface area contributed by atoms with Crippen molar-refractivity contribution in [1.29, 1.82) is 0 Å². The molecule has 1 heterocycles. The first-order valence-electron chi connectivity index (χ1n) is 10.4. The van der Waals surface area contributed by atoms with Crippen LogP contribution in [0.25, 0.3) is 0 Å². The molecule has 1 unspecified atom stereocenters. The number of nitrogens with one attached hydrogen (secondary N) is 1. The number of esters is 1. The van der Waals surface area contributed by atoms with Gasteiger partial charge in [-0.2, -0.15) is 0 Å². The van der Waals surface area contributed by atoms with Gasteiger partial charge in [0.1, 0.15) is 0 Å². The lowest BCUT2D eigenvalue weighted by atomic mass is 9.68. The average Bonchev–Trinajstić information content (AvgIpc) is 2.63. The monoisotopic (exact) mass is 415 g/mol. The topological polar surface area (TPSA) is 55.4 Å². The molecule has 1 aliphatic heterocycles. The fraction of sp³-hybridized carbons (Fsp3) is 0.500. The van der Waals surface area contributed by atoms with Gasteiger partial charge in [-0.3, -0.25) is 4.79 Å². The summed E-state index contributed by atoms with van der Waals surface area (Å²) in [7, 11) is 0. The van der Waals surface area contributed by atoms with Crippen LogP contribution in [0.1, 0.15) is 71.3 Å². The number of ketones is 1. The Balaban J connectivity index is 2.03. The molecule has 1 N–H and O–H groups in total. The normalized spacial score (nSPS) is 21.0. The maximum atomic E-state index is 13.2. The molecule has 2 aliphatic rings. The zero-order chi connectivity index (χ0) is 21.2. The van der Waals surface area contributed by atoms with Crippen LogP contribution in [0, 0.1) is 5.41 Å². The number of carbonyl (C=O) groups excluding carboxylic acids is 2. The van der Waals surface area contributed by atoms with E-state index in [0.29, 0.717) is 29.2 Å². The van der Waals surface area contributed by atoms with Crippen LogP contribution in [0.15, 0.2) is 46.8 Å². The van der Waals surface area contributed by atoms with Crippen LogP contribution >= 0.6 is 11.6 Å². The first kappa shape index (κ1) is 21.6. The van der Waals surface area contributed by atoms with Crippen molar-refractivity contribution < 1.29 is 14.3 Å². The Morgan fingerprint density at radius 1 is 1.28 bits per heavy atom. The van der Waals surface area contributed by atoms with Crippen molar-refractivity contribution in [2.24, 2.45) is 5.41 Å². The summed E-state index contributed by atoms with van der Waals surface area (Å²) >= 11 is 6.25. The van der Waals surface area contributed by atoms with Gasteiger partial charge in [0.05, 0.1) is 12.2 Å². The number of unbranched alkanes of at least 4 members (excludes halogenated alkanes) is 2. The fourth-order valence-electron chi connectivity index (χ4n) is 4.32. The van der Waals surface area contributed by atoms with Gasteiger partial charge < -0.3 is 10.1 Å². The maximum absolute atomic E-state index is 13.2. The zero-order valence-electron chi connectivity index (χ0n) is 17.7. The summed E-state index contributed by atoms with van der Waals surface area (Å²) in [6.07, 6.45) is 4.14. The third-order valence-electron chi connectivity index (χ3n) is 5.62. The summed E-state index contributed by atoms with van der Waals surface area (Å²) in [6, 6.07) is 7.42. The number of Topliss-reactive ketones (excluding diaryl/α,β-unsaturated/α-hetero) is 1. The Kier molecular flexibility index (Phi) is 6.52. The third kappa shape index (κ3) is 4.75. The Bertz CT molecular complexity index is 882. The highest BCUT2D eigenvalue weighted by molar-refractivity contribution is 6.30. The second kappa shape index (κ2) is 8.74. The summed E-state index contributed by atoms with van der Waals surface area (Å²) in [5.41, 5.74) is 3.59. The van der Waals surface area contributed by atoms with Gasteiger partial charge in [-0.15, -0.1) is 0 Å². The minimum Gasteiger partial charge on any atom is -0.462 e. The molecule has 4 nitrogen and oxygen atoms in total. The van der Waals surface area contributed by atoms with Crippen LogP contribution in [0.3, 0.4) is 0 Å². The van der Waals surface area contributed by atoms with Crippen molar-refractivity contribution in [3.8, 4) is 0 Å². The number of halogens is 1. The predicted molar refractivity (Wildman–Crippen MR) is 116 cm³/mol. The van der Waals surface area contributed by atoms with E-state index in [4.69, 9.17) is 16.3 Å². The Morgan fingerprint density at radius 3 is 2.72 bits per heavy atom. The molecular formula is C24H30ClNO3. The van der Waals surface area contributed by atoms with Gasteiger partial charge in [0, 0.05) is 34.3 Å². The molecule has 1 aromatic carbocycles. The highest BCUT2D eigenvalue weighted by Gasteiger charge is 2.43. The van der Waals surface area contributed by atoms with E-state index in [9.17, 15) is 9.59 Å². The van der Waals surface area contributed by atoms with Gasteiger partial charge in [0.2, 0.25) is 0 Å². The van der Waals surface area contributed by atoms with Gasteiger partial charge in [0.25, 0.3) is 0 Å². The number of benzene rings is 1. The second-order valence-electron chi connectivity index (χ2n) is 8.83. The molecule has 0 radical (unpaired) electrons. The Labute approximate surface area is 178 Å². The zero-order valence-corrected chi connectivity index (χ0v) is 18.5. The summed E-state index contributed by atoms with van der Waals surface area (Å²) in [5, 5.41) is 3.94. The van der Waals surface area contributed by atoms with E-state index < -0.39 is 5.92 Å². The molecule has 1 aromatic rings. The van der Waals surface area contributed by atoms with Crippen molar-refractivity contribution in [3.63, 3.8) is 0 Å². The summed E-state index contributed by atoms with van der Waals surface area (Å²) in [5.74, 6) is -0.731. The van der Waals surface area contributed by atoms with E-state index >= 15 is 0 Å². The van der Waals surface area contributed by atoms with E-state index in [0.717, 1.165) is 42.6 Å². The van der Waals surface area contributed by atoms with Crippen molar-refractivity contribution in [3.05, 3.63) is 57.4 Å². The fourth-order valence-corrected chi connectivity index (χ4v) is 4.52. The SMILES string of the molecule is CCCCCOC(=O)C1=C(C)NC2=C(C(=O)CC(C)(C)C2)C1c1cccc(Cl)c1. The van der Waals surface area contributed by atoms with Crippen LogP contribution in [0.5, 0.6) is 0 Å². The highest BCUT2D eigenvalue weighted by Crippen LogP contribution is 2.47. The smallest absolute Gasteiger partial charge is 0.336 e. The van der Waals surface area contributed by atoms with Gasteiger partial charge in [-0.1, -0.05) is 57.3 Å². The molecule has 3 rings (SSSR count). The molecule has 29 heavy (non-hydrogen) atoms. The maximum Gasteiger partial charge on any atom is 0.336 e. The third-order valence-corrected chi connectivity index (χ3v) is 5.86. The van der Waals surface area contributed by atoms with E-state index in [1.165, 1.54) is 0 Å². The van der Waals surface area contributed by atoms with E-state index in [-0.39, 0.29) is 17.2 Å². The van der Waals surface area contributed by atoms with Crippen LogP contribution < -0.4 is 5.32 Å². The lowest BCUT2D eigenvalue weighted by molar-refractivity contribution is -0.139. The van der Waals surface area contributed by atoms with E-state index in [1.807, 2.05) is 25.1 Å². The Morgan fingerprint density at radius 2 is 2.03 bits per heavy atom. The number of hydrogen-bond acceptors (Lipinski definition) is 4. The number of carbonyl (C=O) groups is 2. The van der Waals surface area contributed by atoms with Gasteiger partial charge in [-0.25, -0.2) is 4.79 Å². The molecule has 0 fully saturated rings. The predicted octanol–water partition coefficient (Wildman–Crippen LogP) is 5.68. The number of dihydropyridines is 1. The lowest BCUT2D eigenvalue weighted by Crippen LogP contribution is -2.38. The minimum atomic E-state index is -0.452. The summed E-state index contributed by atoms with van der Waals surface area (Å²) < 4.78 is 5.59. The van der Waals surface area contributed by atoms with Crippen LogP contribution in [0.2, 0.25) is 5.02 Å². The molecule has 0 spiro atoms. The van der Waals surface area contributed by atoms with Crippen LogP contribution in [-0.4, -0.2) is 18.4 Å². The molecule has 1 atom stereocenters. The highest BCUT2D eigenvalue weighted by atomic mass is 35.5. The van der Waals surface area contributed by atoms with Crippen molar-refractivity contribution >= 4 is 23.4 Å². The first-order valence-corrected chi connectivity index (χ1v) is 10.8. The van der Waals surface area contributed by atoms with Crippen LogP contribution in [-0.2, 0) is 14.3 Å². The molecule has 0 bridgehead atoms. The first-order chi connectivity index (χ1) is 13.7. The summed E-state index contributed by atoms with van der Waals surface area (Å²) in [6.45, 7) is 8.58. The van der Waals surface area contributed by atoms with Crippen molar-refractivity contribution in [2.75, 3.05) is 6.61 Å². The molecule has 0 saturated heterocycles. The lowest BCUT2D eigenvalue weighted by Gasteiger charge is -2.39. The molecular weight excluding hydrogens is 386 g/mol. The van der Waals surface area contributed by atoms with Crippen LogP contribution in [0.4, 0.5) is 0 Å². The molecule has 5 heteroatoms. The van der Waals surface area contributed by atoms with Gasteiger partial charge in [-0.05, 0) is 42.9 Å². The molecule has 1 aliphatic carbocycles. The largest absolute Gasteiger partial charge is 0.462 e. The van der Waals surface area contributed by atoms with Crippen molar-refractivity contribution in [2.45, 2.75) is 65.7 Å². The number of ether oxygens (including phenoxy) is 1. The van der Waals surface area contributed by atoms with Gasteiger partial charge >= 0.3 is 5.97 Å². The van der Waals surface area contributed by atoms with E-state index in [2.05, 4.69) is 26.1 Å². The summed E-state index contributed by atoms with van der Waals surface area (Å²) in [4.78, 5) is 26.2. The number of rotatable bonds is 6. The minimum absolute atomic E-state index is 0.0810. The number of hydrogen-bond donors (Lipinski definition) is 1. The van der Waals surface area contributed by atoms with Crippen molar-refractivity contribution in [1.82, 2.24) is 5.32 Å². The molecule has 0 amide bonds. The number of allylic oxidation sites excluding steroid dienone is 3. The standard InChI is InChI=1S/C24H30ClNO3/c1-5-6-7-11-29-23(28)20-15(2)26-18-13-24(3,4)14-19(27)22(18)21(20)16-9-8-10-17(25)12-16/h8-10,12,21,26H,5-7,11,13-14H2,1-4H3. The van der Waals surface area contributed by atoms with E-state index in [1.54, 1.807) is 6.07 Å². The second-order valence-corrected chi connectivity index (χ2v) is 9.26. The molecule has 156 valence electrons.